The lowest BCUT2D eigenvalue weighted by atomic mass is 10.1. The predicted molar refractivity (Wildman–Crippen MR) is 121 cm³/mol. The predicted octanol–water partition coefficient (Wildman–Crippen LogP) is 3.40. The van der Waals surface area contributed by atoms with E-state index in [1.165, 1.54) is 5.56 Å². The Morgan fingerprint density at radius 2 is 2.00 bits per heavy atom. The number of halogens is 1. The van der Waals surface area contributed by atoms with Crippen molar-refractivity contribution < 1.29 is 4.74 Å². The van der Waals surface area contributed by atoms with Gasteiger partial charge in [0.1, 0.15) is 5.75 Å². The third-order valence-corrected chi connectivity index (χ3v) is 4.64. The van der Waals surface area contributed by atoms with Crippen molar-refractivity contribution in [2.75, 3.05) is 32.6 Å². The van der Waals surface area contributed by atoms with Crippen molar-refractivity contribution in [2.45, 2.75) is 26.9 Å². The molecular weight excluding hydrogens is 461 g/mol. The Kier molecular flexibility index (Phi) is 9.71. The van der Waals surface area contributed by atoms with Crippen LogP contribution < -0.4 is 20.3 Å². The van der Waals surface area contributed by atoms with Crippen LogP contribution >= 0.6 is 35.3 Å². The molecule has 0 unspecified atom stereocenters. The number of guanidine groups is 1. The van der Waals surface area contributed by atoms with Crippen molar-refractivity contribution in [3.05, 3.63) is 40.4 Å². The summed E-state index contributed by atoms with van der Waals surface area (Å²) < 4.78 is 5.58. The van der Waals surface area contributed by atoms with Crippen molar-refractivity contribution in [2.24, 2.45) is 4.99 Å². The standard InChI is InChI=1S/C18H27N5OS.HI/c1-6-24-16-8-7-14(9-13(16)2)10-20-17(19-3)21-11-15-12-25-18(22-15)23(4)5;/h7-9,12H,6,10-11H2,1-5H3,(H2,19,20,21);1H. The highest BCUT2D eigenvalue weighted by Crippen LogP contribution is 2.19. The van der Waals surface area contributed by atoms with Crippen molar-refractivity contribution in [1.29, 1.82) is 0 Å². The molecule has 0 saturated heterocycles. The number of rotatable bonds is 7. The number of ether oxygens (including phenoxy) is 1. The van der Waals surface area contributed by atoms with Crippen molar-refractivity contribution in [1.82, 2.24) is 15.6 Å². The first-order valence-electron chi connectivity index (χ1n) is 8.32. The van der Waals surface area contributed by atoms with Crippen LogP contribution in [0.2, 0.25) is 0 Å². The lowest BCUT2D eigenvalue weighted by Gasteiger charge is -2.13. The molecule has 1 aromatic carbocycles. The first-order valence-corrected chi connectivity index (χ1v) is 9.20. The third-order valence-electron chi connectivity index (χ3n) is 3.58. The van der Waals surface area contributed by atoms with Gasteiger partial charge >= 0.3 is 0 Å². The van der Waals surface area contributed by atoms with E-state index in [1.807, 2.05) is 32.0 Å². The van der Waals surface area contributed by atoms with E-state index in [2.05, 4.69) is 45.0 Å². The summed E-state index contributed by atoms with van der Waals surface area (Å²) in [6.45, 7) is 6.08. The fraction of sp³-hybridized carbons (Fsp3) is 0.444. The summed E-state index contributed by atoms with van der Waals surface area (Å²) in [5.74, 6) is 1.69. The summed E-state index contributed by atoms with van der Waals surface area (Å²) in [6.07, 6.45) is 0. The zero-order valence-corrected chi connectivity index (χ0v) is 19.1. The van der Waals surface area contributed by atoms with E-state index in [0.717, 1.165) is 28.1 Å². The molecule has 0 bridgehead atoms. The van der Waals surface area contributed by atoms with Crippen molar-refractivity contribution in [3.63, 3.8) is 0 Å². The van der Waals surface area contributed by atoms with Gasteiger partial charge in [0, 0.05) is 33.1 Å². The number of thiazole rings is 1. The minimum absolute atomic E-state index is 0. The van der Waals surface area contributed by atoms with Gasteiger partial charge in [-0.15, -0.1) is 35.3 Å². The number of aromatic nitrogens is 1. The summed E-state index contributed by atoms with van der Waals surface area (Å²) in [5, 5.41) is 9.69. The number of nitrogens with zero attached hydrogens (tertiary/aromatic N) is 3. The summed E-state index contributed by atoms with van der Waals surface area (Å²) >= 11 is 1.64. The maximum absolute atomic E-state index is 5.58. The molecule has 8 heteroatoms. The van der Waals surface area contributed by atoms with Crippen LogP contribution in [0.15, 0.2) is 28.6 Å². The zero-order chi connectivity index (χ0) is 18.2. The molecule has 1 heterocycles. The van der Waals surface area contributed by atoms with Gasteiger partial charge < -0.3 is 20.3 Å². The molecule has 2 N–H and O–H groups in total. The second-order valence-electron chi connectivity index (χ2n) is 5.83. The minimum Gasteiger partial charge on any atom is -0.494 e. The second kappa shape index (κ2) is 11.2. The molecule has 26 heavy (non-hydrogen) atoms. The smallest absolute Gasteiger partial charge is 0.191 e. The van der Waals surface area contributed by atoms with Crippen LogP contribution in [0.3, 0.4) is 0 Å². The van der Waals surface area contributed by atoms with Gasteiger partial charge in [-0.1, -0.05) is 12.1 Å². The lowest BCUT2D eigenvalue weighted by Crippen LogP contribution is -2.36. The van der Waals surface area contributed by atoms with Gasteiger partial charge in [0.2, 0.25) is 0 Å². The monoisotopic (exact) mass is 489 g/mol. The molecular formula is C18H28IN5OS. The minimum atomic E-state index is 0. The Morgan fingerprint density at radius 1 is 1.27 bits per heavy atom. The third kappa shape index (κ3) is 6.64. The number of hydrogen-bond acceptors (Lipinski definition) is 5. The van der Waals surface area contributed by atoms with Crippen LogP contribution in [0.4, 0.5) is 5.13 Å². The molecule has 6 nitrogen and oxygen atoms in total. The summed E-state index contributed by atoms with van der Waals surface area (Å²) in [7, 11) is 5.76. The van der Waals surface area contributed by atoms with Crippen molar-refractivity contribution in [3.8, 4) is 5.75 Å². The van der Waals surface area contributed by atoms with E-state index in [4.69, 9.17) is 4.74 Å². The number of anilines is 1. The van der Waals surface area contributed by atoms with Crippen LogP contribution in [0, 0.1) is 6.92 Å². The number of nitrogens with one attached hydrogen (secondary N) is 2. The van der Waals surface area contributed by atoms with Gasteiger partial charge in [0.25, 0.3) is 0 Å². The van der Waals surface area contributed by atoms with E-state index in [-0.39, 0.29) is 24.0 Å². The normalized spacial score (nSPS) is 10.9. The average Bonchev–Trinajstić information content (AvgIpc) is 3.07. The fourth-order valence-electron chi connectivity index (χ4n) is 2.30. The molecule has 0 atom stereocenters. The van der Waals surface area contributed by atoms with Gasteiger partial charge in [0.05, 0.1) is 18.8 Å². The Morgan fingerprint density at radius 3 is 2.58 bits per heavy atom. The number of aryl methyl sites for hydroxylation is 1. The molecule has 1 aromatic heterocycles. The van der Waals surface area contributed by atoms with E-state index < -0.39 is 0 Å². The lowest BCUT2D eigenvalue weighted by molar-refractivity contribution is 0.338. The van der Waals surface area contributed by atoms with Crippen LogP contribution in [0.25, 0.3) is 0 Å². The Labute approximate surface area is 177 Å². The van der Waals surface area contributed by atoms with Crippen LogP contribution in [0.5, 0.6) is 5.75 Å². The van der Waals surface area contributed by atoms with E-state index in [9.17, 15) is 0 Å². The molecule has 0 aliphatic rings. The Balaban J connectivity index is 0.00000338. The molecule has 144 valence electrons. The SMILES string of the molecule is CCOc1ccc(CNC(=NC)NCc2csc(N(C)C)n2)cc1C.I. The molecule has 2 rings (SSSR count). The molecule has 0 spiro atoms. The van der Waals surface area contributed by atoms with Crippen LogP contribution in [-0.4, -0.2) is 38.7 Å². The van der Waals surface area contributed by atoms with Gasteiger partial charge in [0.15, 0.2) is 11.1 Å². The van der Waals surface area contributed by atoms with Crippen LogP contribution in [0.1, 0.15) is 23.7 Å². The topological polar surface area (TPSA) is 61.8 Å². The maximum Gasteiger partial charge on any atom is 0.191 e. The van der Waals surface area contributed by atoms with Gasteiger partial charge in [-0.25, -0.2) is 4.98 Å². The summed E-state index contributed by atoms with van der Waals surface area (Å²) in [5.41, 5.74) is 3.34. The van der Waals surface area contributed by atoms with Gasteiger partial charge in [-0.05, 0) is 31.0 Å². The highest BCUT2D eigenvalue weighted by atomic mass is 127. The molecule has 0 amide bonds. The van der Waals surface area contributed by atoms with Gasteiger partial charge in [-0.3, -0.25) is 4.99 Å². The van der Waals surface area contributed by atoms with E-state index >= 15 is 0 Å². The van der Waals surface area contributed by atoms with Crippen LogP contribution in [-0.2, 0) is 13.1 Å². The molecule has 0 saturated carbocycles. The Hall–Kier alpha value is -1.55. The number of benzene rings is 1. The average molecular weight is 489 g/mol. The number of hydrogen-bond donors (Lipinski definition) is 2. The van der Waals surface area contributed by atoms with Crippen molar-refractivity contribution >= 4 is 46.4 Å². The molecule has 0 aliphatic carbocycles. The molecule has 0 aliphatic heterocycles. The highest BCUT2D eigenvalue weighted by molar-refractivity contribution is 14.0. The summed E-state index contributed by atoms with van der Waals surface area (Å²) in [6, 6.07) is 6.22. The maximum atomic E-state index is 5.58. The zero-order valence-electron chi connectivity index (χ0n) is 16.0. The number of aliphatic imine (C=N–C) groups is 1. The summed E-state index contributed by atoms with van der Waals surface area (Å²) in [4.78, 5) is 10.8. The highest BCUT2D eigenvalue weighted by Gasteiger charge is 2.06. The largest absolute Gasteiger partial charge is 0.494 e. The fourth-order valence-corrected chi connectivity index (χ4v) is 3.06. The quantitative estimate of drug-likeness (QED) is 0.355. The first kappa shape index (κ1) is 22.5. The van der Waals surface area contributed by atoms with Gasteiger partial charge in [-0.2, -0.15) is 0 Å². The molecule has 2 aromatic rings. The second-order valence-corrected chi connectivity index (χ2v) is 6.66. The van der Waals surface area contributed by atoms with E-state index in [1.54, 1.807) is 18.4 Å². The van der Waals surface area contributed by atoms with E-state index in [0.29, 0.717) is 19.7 Å². The first-order chi connectivity index (χ1) is 12.0. The molecule has 0 fully saturated rings. The Bertz CT molecular complexity index is 717. The molecule has 0 radical (unpaired) electrons.